The van der Waals surface area contributed by atoms with Gasteiger partial charge < -0.3 is 9.84 Å². The summed E-state index contributed by atoms with van der Waals surface area (Å²) in [5, 5.41) is 9.72. The van der Waals surface area contributed by atoms with Crippen molar-refractivity contribution >= 4 is 11.6 Å². The average molecular weight is 217 g/mol. The molecule has 1 aromatic heterocycles. The molecule has 0 fully saturated rings. The number of alkyl halides is 1. The number of hydrogen-bond acceptors (Lipinski definition) is 4. The zero-order valence-corrected chi connectivity index (χ0v) is 8.74. The van der Waals surface area contributed by atoms with Crippen molar-refractivity contribution in [3.05, 3.63) is 18.1 Å². The Kier molecular flexibility index (Phi) is 4.62. The first-order valence-electron chi connectivity index (χ1n) is 4.38. The number of aliphatic hydroxyl groups excluding tert-OH is 1. The molecular formula is C9H13ClN2O2. The van der Waals surface area contributed by atoms with Crippen LogP contribution in [0.2, 0.25) is 0 Å². The zero-order chi connectivity index (χ0) is 10.4. The lowest BCUT2D eigenvalue weighted by atomic mass is 10.1. The second kappa shape index (κ2) is 5.78. The fraction of sp³-hybridized carbons (Fsp3) is 0.556. The van der Waals surface area contributed by atoms with Crippen LogP contribution in [0.5, 0.6) is 5.88 Å². The minimum absolute atomic E-state index is 0.370. The van der Waals surface area contributed by atoms with Gasteiger partial charge >= 0.3 is 0 Å². The molecule has 1 atom stereocenters. The number of rotatable bonds is 5. The Balaban J connectivity index is 2.72. The highest BCUT2D eigenvalue weighted by Gasteiger charge is 2.14. The molecule has 14 heavy (non-hydrogen) atoms. The van der Waals surface area contributed by atoms with Crippen molar-refractivity contribution in [2.45, 2.75) is 18.9 Å². The maximum absolute atomic E-state index is 9.72. The molecule has 1 N–H and O–H groups in total. The summed E-state index contributed by atoms with van der Waals surface area (Å²) in [7, 11) is 1.50. The van der Waals surface area contributed by atoms with Gasteiger partial charge in [-0.2, -0.15) is 0 Å². The van der Waals surface area contributed by atoms with Crippen molar-refractivity contribution in [3.63, 3.8) is 0 Å². The zero-order valence-electron chi connectivity index (χ0n) is 7.98. The van der Waals surface area contributed by atoms with E-state index < -0.39 is 6.10 Å². The number of aromatic nitrogens is 2. The van der Waals surface area contributed by atoms with E-state index in [4.69, 9.17) is 16.3 Å². The van der Waals surface area contributed by atoms with E-state index in [2.05, 4.69) is 9.97 Å². The Morgan fingerprint density at radius 1 is 1.50 bits per heavy atom. The van der Waals surface area contributed by atoms with Gasteiger partial charge in [-0.25, -0.2) is 4.98 Å². The van der Waals surface area contributed by atoms with Crippen LogP contribution in [-0.4, -0.2) is 28.1 Å². The molecule has 1 aromatic rings. The number of halogens is 1. The summed E-state index contributed by atoms with van der Waals surface area (Å²) in [4.78, 5) is 7.97. The van der Waals surface area contributed by atoms with Gasteiger partial charge in [0.15, 0.2) is 0 Å². The molecule has 78 valence electrons. The summed E-state index contributed by atoms with van der Waals surface area (Å²) in [5.41, 5.74) is 0.472. The molecule has 0 saturated carbocycles. The van der Waals surface area contributed by atoms with Crippen molar-refractivity contribution in [1.29, 1.82) is 0 Å². The lowest BCUT2D eigenvalue weighted by Crippen LogP contribution is -2.05. The number of hydrogen-bond donors (Lipinski definition) is 1. The lowest BCUT2D eigenvalue weighted by molar-refractivity contribution is 0.156. The first-order valence-corrected chi connectivity index (χ1v) is 4.92. The quantitative estimate of drug-likeness (QED) is 0.759. The highest BCUT2D eigenvalue weighted by Crippen LogP contribution is 2.23. The van der Waals surface area contributed by atoms with Crippen molar-refractivity contribution in [2.75, 3.05) is 13.0 Å². The molecule has 0 saturated heterocycles. The van der Waals surface area contributed by atoms with Crippen molar-refractivity contribution in [2.24, 2.45) is 0 Å². The van der Waals surface area contributed by atoms with E-state index in [0.29, 0.717) is 23.9 Å². The molecule has 4 nitrogen and oxygen atoms in total. The fourth-order valence-electron chi connectivity index (χ4n) is 1.13. The first kappa shape index (κ1) is 11.2. The third-order valence-electron chi connectivity index (χ3n) is 1.81. The van der Waals surface area contributed by atoms with Crippen LogP contribution in [0.4, 0.5) is 0 Å². The molecule has 0 bridgehead atoms. The largest absolute Gasteiger partial charge is 0.480 e. The summed E-state index contributed by atoms with van der Waals surface area (Å²) in [6, 6.07) is 0. The van der Waals surface area contributed by atoms with Crippen LogP contribution in [0.1, 0.15) is 24.6 Å². The maximum atomic E-state index is 9.72. The monoisotopic (exact) mass is 216 g/mol. The maximum Gasteiger partial charge on any atom is 0.238 e. The molecule has 0 aliphatic rings. The van der Waals surface area contributed by atoms with Gasteiger partial charge in [0.1, 0.15) is 11.8 Å². The van der Waals surface area contributed by atoms with Crippen molar-refractivity contribution < 1.29 is 9.84 Å². The van der Waals surface area contributed by atoms with E-state index in [1.165, 1.54) is 19.5 Å². The summed E-state index contributed by atoms with van der Waals surface area (Å²) >= 11 is 5.53. The van der Waals surface area contributed by atoms with E-state index in [9.17, 15) is 5.11 Å². The molecule has 0 aliphatic heterocycles. The summed E-state index contributed by atoms with van der Waals surface area (Å²) in [5.74, 6) is 0.897. The van der Waals surface area contributed by atoms with Gasteiger partial charge in [0.2, 0.25) is 5.88 Å². The van der Waals surface area contributed by atoms with Crippen LogP contribution >= 0.6 is 11.6 Å². The Bertz CT molecular complexity index is 283. The topological polar surface area (TPSA) is 55.2 Å². The number of aliphatic hydroxyl groups is 1. The second-order valence-corrected chi connectivity index (χ2v) is 3.18. The SMILES string of the molecule is COc1nccnc1C(O)CCCCl. The van der Waals surface area contributed by atoms with Gasteiger partial charge in [-0.1, -0.05) is 0 Å². The Morgan fingerprint density at radius 2 is 2.21 bits per heavy atom. The molecule has 1 rings (SSSR count). The molecule has 0 aliphatic carbocycles. The van der Waals surface area contributed by atoms with Gasteiger partial charge in [0.05, 0.1) is 7.11 Å². The Labute approximate surface area is 87.9 Å². The van der Waals surface area contributed by atoms with Crippen LogP contribution in [0, 0.1) is 0 Å². The minimum Gasteiger partial charge on any atom is -0.480 e. The van der Waals surface area contributed by atoms with Crippen LogP contribution in [0.25, 0.3) is 0 Å². The van der Waals surface area contributed by atoms with Crippen LogP contribution in [-0.2, 0) is 0 Å². The summed E-state index contributed by atoms with van der Waals surface area (Å²) in [6.07, 6.45) is 3.71. The third kappa shape index (κ3) is 2.82. The molecular weight excluding hydrogens is 204 g/mol. The van der Waals surface area contributed by atoms with Crippen molar-refractivity contribution in [3.8, 4) is 5.88 Å². The van der Waals surface area contributed by atoms with Gasteiger partial charge in [-0.15, -0.1) is 11.6 Å². The summed E-state index contributed by atoms with van der Waals surface area (Å²) < 4.78 is 4.98. The van der Waals surface area contributed by atoms with Crippen LogP contribution in [0.3, 0.4) is 0 Å². The van der Waals surface area contributed by atoms with Crippen LogP contribution in [0.15, 0.2) is 12.4 Å². The number of nitrogens with zero attached hydrogens (tertiary/aromatic N) is 2. The molecule has 1 unspecified atom stereocenters. The molecule has 0 amide bonds. The summed E-state index contributed by atoms with van der Waals surface area (Å²) in [6.45, 7) is 0. The smallest absolute Gasteiger partial charge is 0.238 e. The van der Waals surface area contributed by atoms with Crippen LogP contribution < -0.4 is 4.74 Å². The number of ether oxygens (including phenoxy) is 1. The molecule has 1 heterocycles. The molecule has 0 spiro atoms. The fourth-order valence-corrected chi connectivity index (χ4v) is 1.28. The Morgan fingerprint density at radius 3 is 2.86 bits per heavy atom. The molecule has 0 aromatic carbocycles. The first-order chi connectivity index (χ1) is 6.79. The predicted octanol–water partition coefficient (Wildman–Crippen LogP) is 1.54. The van der Waals surface area contributed by atoms with E-state index in [0.717, 1.165) is 6.42 Å². The van der Waals surface area contributed by atoms with Gasteiger partial charge in [-0.3, -0.25) is 4.98 Å². The standard InChI is InChI=1S/C9H13ClN2O2/c1-14-9-8(11-5-6-12-9)7(13)3-2-4-10/h5-7,13H,2-4H2,1H3. The van der Waals surface area contributed by atoms with Crippen molar-refractivity contribution in [1.82, 2.24) is 9.97 Å². The van der Waals surface area contributed by atoms with E-state index in [-0.39, 0.29) is 0 Å². The highest BCUT2D eigenvalue weighted by molar-refractivity contribution is 6.17. The van der Waals surface area contributed by atoms with E-state index >= 15 is 0 Å². The average Bonchev–Trinajstić information content (AvgIpc) is 2.25. The predicted molar refractivity (Wildman–Crippen MR) is 53.5 cm³/mol. The lowest BCUT2D eigenvalue weighted by Gasteiger charge is -2.11. The Hall–Kier alpha value is -0.870. The van der Waals surface area contributed by atoms with E-state index in [1.54, 1.807) is 0 Å². The van der Waals surface area contributed by atoms with Gasteiger partial charge in [-0.05, 0) is 12.8 Å². The van der Waals surface area contributed by atoms with E-state index in [1.807, 2.05) is 0 Å². The molecule has 5 heteroatoms. The van der Waals surface area contributed by atoms with Gasteiger partial charge in [0, 0.05) is 18.3 Å². The normalized spacial score (nSPS) is 12.5. The minimum atomic E-state index is -0.655. The number of methoxy groups -OCH3 is 1. The third-order valence-corrected chi connectivity index (χ3v) is 2.08. The second-order valence-electron chi connectivity index (χ2n) is 2.80. The highest BCUT2D eigenvalue weighted by atomic mass is 35.5. The molecule has 0 radical (unpaired) electrons. The van der Waals surface area contributed by atoms with Gasteiger partial charge in [0.25, 0.3) is 0 Å².